The highest BCUT2D eigenvalue weighted by molar-refractivity contribution is 6.01. The summed E-state index contributed by atoms with van der Waals surface area (Å²) >= 11 is 0. The van der Waals surface area contributed by atoms with E-state index in [0.717, 1.165) is 29.5 Å². The van der Waals surface area contributed by atoms with Crippen LogP contribution in [0.2, 0.25) is 0 Å². The van der Waals surface area contributed by atoms with Crippen LogP contribution in [0.5, 0.6) is 0 Å². The van der Waals surface area contributed by atoms with Crippen LogP contribution in [0.4, 0.5) is 10.5 Å². The van der Waals surface area contributed by atoms with Crippen molar-refractivity contribution in [2.24, 2.45) is 5.92 Å². The summed E-state index contributed by atoms with van der Waals surface area (Å²) in [5.74, 6) is 0.506. The van der Waals surface area contributed by atoms with E-state index >= 15 is 0 Å². The van der Waals surface area contributed by atoms with Gasteiger partial charge in [-0.15, -0.1) is 0 Å². The molecule has 0 radical (unpaired) electrons. The number of hydrogen-bond acceptors (Lipinski definition) is 2. The Morgan fingerprint density at radius 1 is 1.23 bits per heavy atom. The van der Waals surface area contributed by atoms with E-state index in [2.05, 4.69) is 35.0 Å². The molecule has 0 saturated carbocycles. The number of benzene rings is 2. The molecule has 1 aliphatic rings. The second-order valence-electron chi connectivity index (χ2n) is 6.02. The van der Waals surface area contributed by atoms with E-state index in [1.54, 1.807) is 0 Å². The van der Waals surface area contributed by atoms with E-state index < -0.39 is 0 Å². The van der Waals surface area contributed by atoms with Crippen LogP contribution in [0.1, 0.15) is 19.8 Å². The molecule has 3 rings (SSSR count). The first kappa shape index (κ1) is 14.9. The highest BCUT2D eigenvalue weighted by Gasteiger charge is 2.21. The van der Waals surface area contributed by atoms with Crippen molar-refractivity contribution in [3.05, 3.63) is 42.5 Å². The van der Waals surface area contributed by atoms with Gasteiger partial charge in [-0.3, -0.25) is 0 Å². The van der Waals surface area contributed by atoms with Crippen molar-refractivity contribution in [3.63, 3.8) is 0 Å². The number of urea groups is 1. The maximum absolute atomic E-state index is 12.3. The molecule has 2 atom stereocenters. The Hall–Kier alpha value is -2.07. The third-order valence-corrected chi connectivity index (χ3v) is 4.44. The Morgan fingerprint density at radius 2 is 2.05 bits per heavy atom. The fraction of sp³-hybridized carbons (Fsp3) is 0.389. The Kier molecular flexibility index (Phi) is 4.59. The summed E-state index contributed by atoms with van der Waals surface area (Å²) < 4.78 is 0. The molecule has 4 nitrogen and oxygen atoms in total. The lowest BCUT2D eigenvalue weighted by atomic mass is 9.93. The van der Waals surface area contributed by atoms with Gasteiger partial charge in [0.1, 0.15) is 0 Å². The molecule has 4 heteroatoms. The number of anilines is 1. The van der Waals surface area contributed by atoms with Gasteiger partial charge in [-0.05, 0) is 50.2 Å². The number of carbonyl (C=O) groups is 1. The summed E-state index contributed by atoms with van der Waals surface area (Å²) in [6.45, 7) is 4.15. The van der Waals surface area contributed by atoms with Crippen LogP contribution in [0.15, 0.2) is 42.5 Å². The van der Waals surface area contributed by atoms with E-state index in [1.807, 2.05) is 30.3 Å². The molecule has 3 N–H and O–H groups in total. The van der Waals surface area contributed by atoms with Crippen molar-refractivity contribution in [1.82, 2.24) is 10.6 Å². The van der Waals surface area contributed by atoms with Crippen LogP contribution in [-0.4, -0.2) is 25.2 Å². The molecule has 1 fully saturated rings. The lowest BCUT2D eigenvalue weighted by Gasteiger charge is -2.29. The maximum Gasteiger partial charge on any atom is 0.319 e. The summed E-state index contributed by atoms with van der Waals surface area (Å²) in [5, 5.41) is 11.6. The van der Waals surface area contributed by atoms with E-state index in [1.165, 1.54) is 12.8 Å². The number of piperidine rings is 1. The summed E-state index contributed by atoms with van der Waals surface area (Å²) in [4.78, 5) is 12.3. The first-order chi connectivity index (χ1) is 10.7. The Labute approximate surface area is 131 Å². The van der Waals surface area contributed by atoms with Gasteiger partial charge in [0.05, 0.1) is 5.69 Å². The molecule has 0 aromatic heterocycles. The SMILES string of the molecule is CC(NC(=O)Nc1cccc2ccccc12)C1CCCNC1. The first-order valence-electron chi connectivity index (χ1n) is 8.00. The van der Waals surface area contributed by atoms with Gasteiger partial charge in [-0.1, -0.05) is 36.4 Å². The molecule has 1 heterocycles. The highest BCUT2D eigenvalue weighted by Crippen LogP contribution is 2.23. The number of carbonyl (C=O) groups excluding carboxylic acids is 1. The number of amides is 2. The van der Waals surface area contributed by atoms with E-state index in [9.17, 15) is 4.79 Å². The van der Waals surface area contributed by atoms with Crippen molar-refractivity contribution < 1.29 is 4.79 Å². The molecule has 116 valence electrons. The van der Waals surface area contributed by atoms with Gasteiger partial charge < -0.3 is 16.0 Å². The maximum atomic E-state index is 12.3. The third kappa shape index (κ3) is 3.39. The van der Waals surface area contributed by atoms with Crippen LogP contribution in [0.3, 0.4) is 0 Å². The van der Waals surface area contributed by atoms with Crippen LogP contribution in [0, 0.1) is 5.92 Å². The first-order valence-corrected chi connectivity index (χ1v) is 8.00. The van der Waals surface area contributed by atoms with Gasteiger partial charge in [0.15, 0.2) is 0 Å². The van der Waals surface area contributed by atoms with Crippen LogP contribution in [-0.2, 0) is 0 Å². The minimum absolute atomic E-state index is 0.130. The van der Waals surface area contributed by atoms with Crippen LogP contribution < -0.4 is 16.0 Å². The summed E-state index contributed by atoms with van der Waals surface area (Å²) in [6, 6.07) is 14.1. The molecule has 0 bridgehead atoms. The second-order valence-corrected chi connectivity index (χ2v) is 6.02. The van der Waals surface area contributed by atoms with E-state index in [0.29, 0.717) is 5.92 Å². The average Bonchev–Trinajstić information content (AvgIpc) is 2.56. The summed E-state index contributed by atoms with van der Waals surface area (Å²) in [6.07, 6.45) is 2.35. The highest BCUT2D eigenvalue weighted by atomic mass is 16.2. The normalized spacial score (nSPS) is 19.6. The van der Waals surface area contributed by atoms with E-state index in [-0.39, 0.29) is 12.1 Å². The minimum Gasteiger partial charge on any atom is -0.335 e. The fourth-order valence-electron chi connectivity index (χ4n) is 3.12. The Morgan fingerprint density at radius 3 is 2.86 bits per heavy atom. The quantitative estimate of drug-likeness (QED) is 0.814. The standard InChI is InChI=1S/C18H23N3O/c1-13(15-8-5-11-19-12-15)20-18(22)21-17-10-4-7-14-6-2-3-9-16(14)17/h2-4,6-7,9-10,13,15,19H,5,8,11-12H2,1H3,(H2,20,21,22). The molecule has 1 saturated heterocycles. The van der Waals surface area contributed by atoms with Gasteiger partial charge in [0.25, 0.3) is 0 Å². The molecule has 2 aromatic carbocycles. The smallest absolute Gasteiger partial charge is 0.319 e. The zero-order valence-electron chi connectivity index (χ0n) is 12.9. The molecule has 2 amide bonds. The molecule has 0 spiro atoms. The van der Waals surface area contributed by atoms with Gasteiger partial charge in [-0.2, -0.15) is 0 Å². The number of hydrogen-bond donors (Lipinski definition) is 3. The second kappa shape index (κ2) is 6.79. The third-order valence-electron chi connectivity index (χ3n) is 4.44. The van der Waals surface area contributed by atoms with Crippen molar-refractivity contribution in [2.45, 2.75) is 25.8 Å². The van der Waals surface area contributed by atoms with Crippen molar-refractivity contribution in [2.75, 3.05) is 18.4 Å². The number of nitrogens with one attached hydrogen (secondary N) is 3. The largest absolute Gasteiger partial charge is 0.335 e. The fourth-order valence-corrected chi connectivity index (χ4v) is 3.12. The minimum atomic E-state index is -0.130. The number of fused-ring (bicyclic) bond motifs is 1. The summed E-state index contributed by atoms with van der Waals surface area (Å²) in [7, 11) is 0. The van der Waals surface area contributed by atoms with Gasteiger partial charge >= 0.3 is 6.03 Å². The van der Waals surface area contributed by atoms with Gasteiger partial charge in [-0.25, -0.2) is 4.79 Å². The van der Waals surface area contributed by atoms with Crippen molar-refractivity contribution >= 4 is 22.5 Å². The molecule has 2 unspecified atom stereocenters. The lowest BCUT2D eigenvalue weighted by Crippen LogP contribution is -2.45. The Bertz CT molecular complexity index is 644. The average molecular weight is 297 g/mol. The van der Waals surface area contributed by atoms with Crippen molar-refractivity contribution in [3.8, 4) is 0 Å². The van der Waals surface area contributed by atoms with Crippen LogP contribution in [0.25, 0.3) is 10.8 Å². The zero-order chi connectivity index (χ0) is 15.4. The van der Waals surface area contributed by atoms with Crippen molar-refractivity contribution in [1.29, 1.82) is 0 Å². The Balaban J connectivity index is 1.65. The zero-order valence-corrected chi connectivity index (χ0v) is 12.9. The summed E-state index contributed by atoms with van der Waals surface area (Å²) in [5.41, 5.74) is 0.851. The monoisotopic (exact) mass is 297 g/mol. The number of rotatable bonds is 3. The molecule has 0 aliphatic carbocycles. The molecule has 22 heavy (non-hydrogen) atoms. The molecule has 2 aromatic rings. The molecular formula is C18H23N3O. The molecular weight excluding hydrogens is 274 g/mol. The molecule has 1 aliphatic heterocycles. The topological polar surface area (TPSA) is 53.2 Å². The van der Waals surface area contributed by atoms with Gasteiger partial charge in [0, 0.05) is 11.4 Å². The van der Waals surface area contributed by atoms with Gasteiger partial charge in [0.2, 0.25) is 0 Å². The predicted molar refractivity (Wildman–Crippen MR) is 91.2 cm³/mol. The lowest BCUT2D eigenvalue weighted by molar-refractivity contribution is 0.238. The van der Waals surface area contributed by atoms with E-state index in [4.69, 9.17) is 0 Å². The predicted octanol–water partition coefficient (Wildman–Crippen LogP) is 3.35. The van der Waals surface area contributed by atoms with Crippen LogP contribution >= 0.6 is 0 Å².